The zero-order chi connectivity index (χ0) is 15.6. The molecule has 1 N–H and O–H groups in total. The van der Waals surface area contributed by atoms with Crippen molar-refractivity contribution >= 4 is 12.4 Å². The second kappa shape index (κ2) is 7.73. The van der Waals surface area contributed by atoms with Crippen molar-refractivity contribution in [3.63, 3.8) is 0 Å². The van der Waals surface area contributed by atoms with E-state index in [0.29, 0.717) is 6.04 Å². The second-order valence-electron chi connectivity index (χ2n) is 6.10. The molecule has 1 aromatic rings. The summed E-state index contributed by atoms with van der Waals surface area (Å²) in [5.74, 6) is 0.618. The topological polar surface area (TPSA) is 24.5 Å². The van der Waals surface area contributed by atoms with Gasteiger partial charge in [0.2, 0.25) is 0 Å². The molecule has 130 valence electrons. The maximum absolute atomic E-state index is 12.2. The van der Waals surface area contributed by atoms with Gasteiger partial charge in [-0.05, 0) is 30.0 Å². The number of piperazine rings is 1. The molecule has 1 aliphatic heterocycles. The number of rotatable bonds is 5. The number of nitrogens with zero attached hydrogens (tertiary/aromatic N) is 1. The first-order chi connectivity index (χ1) is 10.5. The average molecular weight is 351 g/mol. The Bertz CT molecular complexity index is 485. The van der Waals surface area contributed by atoms with Gasteiger partial charge in [0.15, 0.2) is 0 Å². The Labute approximate surface area is 140 Å². The predicted octanol–water partition coefficient (Wildman–Crippen LogP) is 3.75. The third-order valence-electron chi connectivity index (χ3n) is 4.34. The summed E-state index contributed by atoms with van der Waals surface area (Å²) in [6.07, 6.45) is -0.983. The van der Waals surface area contributed by atoms with E-state index in [1.807, 2.05) is 0 Å². The highest BCUT2D eigenvalue weighted by Gasteiger charge is 2.32. The summed E-state index contributed by atoms with van der Waals surface area (Å²) in [6, 6.07) is 6.69. The van der Waals surface area contributed by atoms with Crippen molar-refractivity contribution in [3.8, 4) is 5.75 Å². The lowest BCUT2D eigenvalue weighted by Gasteiger charge is -2.35. The van der Waals surface area contributed by atoms with Gasteiger partial charge in [0.25, 0.3) is 0 Å². The van der Waals surface area contributed by atoms with E-state index in [1.54, 1.807) is 12.1 Å². The van der Waals surface area contributed by atoms with Gasteiger partial charge < -0.3 is 10.1 Å². The predicted molar refractivity (Wildman–Crippen MR) is 84.9 cm³/mol. The Morgan fingerprint density at radius 3 is 2.26 bits per heavy atom. The largest absolute Gasteiger partial charge is 0.573 e. The third-order valence-corrected chi connectivity index (χ3v) is 4.34. The minimum absolute atomic E-state index is 0. The Morgan fingerprint density at radius 2 is 1.74 bits per heavy atom. The van der Waals surface area contributed by atoms with Crippen LogP contribution < -0.4 is 10.1 Å². The van der Waals surface area contributed by atoms with E-state index in [2.05, 4.69) is 15.0 Å². The standard InChI is InChI=1S/C16H21F3N2O.ClH/c17-16(18,19)22-14-5-3-13(4-6-14)15(11-12-1-2-12)21-9-7-20-8-10-21;/h3-6,12,15,20H,1-2,7-11H2;1H/t15-;/m1./s1. The van der Waals surface area contributed by atoms with Crippen LogP contribution in [0.25, 0.3) is 0 Å². The van der Waals surface area contributed by atoms with Crippen LogP contribution in [0.1, 0.15) is 30.9 Å². The molecule has 2 fully saturated rings. The maximum Gasteiger partial charge on any atom is 0.573 e. The number of benzene rings is 1. The molecule has 1 aromatic carbocycles. The Balaban J connectivity index is 0.00000192. The highest BCUT2D eigenvalue weighted by atomic mass is 35.5. The lowest BCUT2D eigenvalue weighted by Crippen LogP contribution is -2.45. The molecule has 0 aromatic heterocycles. The molecule has 1 saturated heterocycles. The van der Waals surface area contributed by atoms with Crippen LogP contribution in [0.5, 0.6) is 5.75 Å². The van der Waals surface area contributed by atoms with E-state index >= 15 is 0 Å². The lowest BCUT2D eigenvalue weighted by atomic mass is 9.98. The van der Waals surface area contributed by atoms with Crippen molar-refractivity contribution in [2.75, 3.05) is 26.2 Å². The quantitative estimate of drug-likeness (QED) is 0.875. The van der Waals surface area contributed by atoms with Crippen LogP contribution in [-0.2, 0) is 0 Å². The number of ether oxygens (including phenoxy) is 1. The molecule has 1 atom stereocenters. The van der Waals surface area contributed by atoms with Gasteiger partial charge in [0.05, 0.1) is 0 Å². The highest BCUT2D eigenvalue weighted by molar-refractivity contribution is 5.85. The number of hydrogen-bond acceptors (Lipinski definition) is 3. The third kappa shape index (κ3) is 5.55. The summed E-state index contributed by atoms with van der Waals surface area (Å²) in [4.78, 5) is 2.44. The van der Waals surface area contributed by atoms with Crippen molar-refractivity contribution in [2.24, 2.45) is 5.92 Å². The smallest absolute Gasteiger partial charge is 0.406 e. The molecule has 0 amide bonds. The number of hydrogen-bond donors (Lipinski definition) is 1. The summed E-state index contributed by atoms with van der Waals surface area (Å²) in [7, 11) is 0. The number of halogens is 4. The number of nitrogens with one attached hydrogen (secondary N) is 1. The van der Waals surface area contributed by atoms with Crippen molar-refractivity contribution in [2.45, 2.75) is 31.7 Å². The normalized spacial score (nSPS) is 20.7. The lowest BCUT2D eigenvalue weighted by molar-refractivity contribution is -0.274. The van der Waals surface area contributed by atoms with E-state index in [0.717, 1.165) is 44.1 Å². The fraction of sp³-hybridized carbons (Fsp3) is 0.625. The van der Waals surface area contributed by atoms with E-state index in [9.17, 15) is 13.2 Å². The summed E-state index contributed by atoms with van der Waals surface area (Å²) in [6.45, 7) is 3.91. The molecule has 0 spiro atoms. The van der Waals surface area contributed by atoms with Crippen LogP contribution >= 0.6 is 12.4 Å². The maximum atomic E-state index is 12.2. The molecule has 0 unspecified atom stereocenters. The van der Waals surface area contributed by atoms with Crippen LogP contribution in [0.3, 0.4) is 0 Å². The average Bonchev–Trinajstić information content (AvgIpc) is 3.29. The first kappa shape index (κ1) is 18.4. The molecule has 7 heteroatoms. The van der Waals surface area contributed by atoms with Gasteiger partial charge in [0, 0.05) is 32.2 Å². The van der Waals surface area contributed by atoms with Crippen molar-refractivity contribution in [3.05, 3.63) is 29.8 Å². The molecule has 3 rings (SSSR count). The minimum Gasteiger partial charge on any atom is -0.406 e. The van der Waals surface area contributed by atoms with Gasteiger partial charge in [0.1, 0.15) is 5.75 Å². The molecule has 0 radical (unpaired) electrons. The SMILES string of the molecule is Cl.FC(F)(F)Oc1ccc([C@@H](CC2CC2)N2CCNCC2)cc1. The first-order valence-electron chi connectivity index (χ1n) is 7.82. The monoisotopic (exact) mass is 350 g/mol. The number of alkyl halides is 3. The molecule has 0 bridgehead atoms. The summed E-state index contributed by atoms with van der Waals surface area (Å²) in [5, 5.41) is 3.34. The highest BCUT2D eigenvalue weighted by Crippen LogP contribution is 2.40. The summed E-state index contributed by atoms with van der Waals surface area (Å²) < 4.78 is 40.7. The summed E-state index contributed by atoms with van der Waals surface area (Å²) >= 11 is 0. The fourth-order valence-electron chi connectivity index (χ4n) is 3.05. The van der Waals surface area contributed by atoms with Gasteiger partial charge in [-0.25, -0.2) is 0 Å². The van der Waals surface area contributed by atoms with Crippen LogP contribution in [0.2, 0.25) is 0 Å². The molecule has 1 aliphatic carbocycles. The van der Waals surface area contributed by atoms with Gasteiger partial charge in [-0.3, -0.25) is 4.90 Å². The van der Waals surface area contributed by atoms with Gasteiger partial charge >= 0.3 is 6.36 Å². The molecule has 23 heavy (non-hydrogen) atoms. The Kier molecular flexibility index (Phi) is 6.17. The molecule has 2 aliphatic rings. The van der Waals surface area contributed by atoms with Crippen LogP contribution in [0.15, 0.2) is 24.3 Å². The van der Waals surface area contributed by atoms with Crippen LogP contribution in [-0.4, -0.2) is 37.4 Å². The molecule has 1 heterocycles. The zero-order valence-electron chi connectivity index (χ0n) is 12.8. The zero-order valence-corrected chi connectivity index (χ0v) is 13.6. The van der Waals surface area contributed by atoms with E-state index < -0.39 is 6.36 Å². The van der Waals surface area contributed by atoms with Gasteiger partial charge in [-0.2, -0.15) is 0 Å². The molecule has 1 saturated carbocycles. The first-order valence-corrected chi connectivity index (χ1v) is 7.82. The van der Waals surface area contributed by atoms with E-state index in [4.69, 9.17) is 0 Å². The van der Waals surface area contributed by atoms with E-state index in [1.165, 1.54) is 25.0 Å². The van der Waals surface area contributed by atoms with Crippen LogP contribution in [0.4, 0.5) is 13.2 Å². The second-order valence-corrected chi connectivity index (χ2v) is 6.10. The van der Waals surface area contributed by atoms with Gasteiger partial charge in [-0.1, -0.05) is 25.0 Å². The van der Waals surface area contributed by atoms with Crippen molar-refractivity contribution < 1.29 is 17.9 Å². The van der Waals surface area contributed by atoms with Gasteiger partial charge in [-0.15, -0.1) is 25.6 Å². The van der Waals surface area contributed by atoms with Crippen LogP contribution in [0, 0.1) is 5.92 Å². The Morgan fingerprint density at radius 1 is 1.13 bits per heavy atom. The Hall–Kier alpha value is -0.980. The van der Waals surface area contributed by atoms with Crippen molar-refractivity contribution in [1.29, 1.82) is 0 Å². The molecular weight excluding hydrogens is 329 g/mol. The molecular formula is C16H22ClF3N2O. The minimum atomic E-state index is -4.63. The molecule has 3 nitrogen and oxygen atoms in total. The van der Waals surface area contributed by atoms with E-state index in [-0.39, 0.29) is 18.2 Å². The van der Waals surface area contributed by atoms with Crippen molar-refractivity contribution in [1.82, 2.24) is 10.2 Å². The summed E-state index contributed by atoms with van der Waals surface area (Å²) in [5.41, 5.74) is 1.09. The fourth-order valence-corrected chi connectivity index (χ4v) is 3.05.